The Hall–Kier alpha value is -3.88. The lowest BCUT2D eigenvalue weighted by atomic mass is 10.2. The molecule has 0 aliphatic carbocycles. The summed E-state index contributed by atoms with van der Waals surface area (Å²) >= 11 is 0. The Balaban J connectivity index is 1.84. The predicted molar refractivity (Wildman–Crippen MR) is 101 cm³/mol. The van der Waals surface area contributed by atoms with Gasteiger partial charge in [-0.1, -0.05) is 0 Å². The predicted octanol–water partition coefficient (Wildman–Crippen LogP) is 3.78. The number of nitrogens with zero attached hydrogens (tertiary/aromatic N) is 3. The van der Waals surface area contributed by atoms with Crippen LogP contribution in [0.25, 0.3) is 21.9 Å². The SMILES string of the molecule is COc1ccc(Nc2ncnc3c2[nH]c2ccc(OC)cc23)c([N+](=O)[O-])c1. The molecular formula is C18H15N5O4. The van der Waals surface area contributed by atoms with Crippen LogP contribution in [0, 0.1) is 10.1 Å². The van der Waals surface area contributed by atoms with Crippen molar-refractivity contribution >= 4 is 39.1 Å². The summed E-state index contributed by atoms with van der Waals surface area (Å²) in [7, 11) is 3.06. The van der Waals surface area contributed by atoms with Crippen molar-refractivity contribution in [1.82, 2.24) is 15.0 Å². The highest BCUT2D eigenvalue weighted by Crippen LogP contribution is 2.34. The number of hydrogen-bond donors (Lipinski definition) is 2. The number of anilines is 2. The van der Waals surface area contributed by atoms with E-state index in [1.165, 1.54) is 19.5 Å². The van der Waals surface area contributed by atoms with Crippen LogP contribution in [-0.4, -0.2) is 34.1 Å². The van der Waals surface area contributed by atoms with E-state index in [2.05, 4.69) is 20.3 Å². The Kier molecular flexibility index (Phi) is 3.96. The largest absolute Gasteiger partial charge is 0.497 e. The monoisotopic (exact) mass is 365 g/mol. The van der Waals surface area contributed by atoms with Gasteiger partial charge in [0.05, 0.1) is 25.2 Å². The molecule has 0 unspecified atom stereocenters. The number of nitro groups is 1. The average molecular weight is 365 g/mol. The Labute approximate surface area is 153 Å². The molecule has 0 spiro atoms. The Bertz CT molecular complexity index is 1170. The summed E-state index contributed by atoms with van der Waals surface area (Å²) in [6.07, 6.45) is 1.41. The van der Waals surface area contributed by atoms with Crippen LogP contribution in [0.5, 0.6) is 11.5 Å². The van der Waals surface area contributed by atoms with Gasteiger partial charge in [-0.15, -0.1) is 0 Å². The third kappa shape index (κ3) is 2.84. The first kappa shape index (κ1) is 16.6. The van der Waals surface area contributed by atoms with Crippen LogP contribution in [0.1, 0.15) is 0 Å². The third-order valence-electron chi connectivity index (χ3n) is 4.24. The molecule has 0 fully saturated rings. The highest BCUT2D eigenvalue weighted by atomic mass is 16.6. The first-order chi connectivity index (χ1) is 13.1. The number of rotatable bonds is 5. The van der Waals surface area contributed by atoms with Crippen LogP contribution < -0.4 is 14.8 Å². The number of H-pyrrole nitrogens is 1. The minimum atomic E-state index is -0.473. The topological polar surface area (TPSA) is 115 Å². The van der Waals surface area contributed by atoms with E-state index in [1.54, 1.807) is 19.2 Å². The fraction of sp³-hybridized carbons (Fsp3) is 0.111. The third-order valence-corrected chi connectivity index (χ3v) is 4.24. The van der Waals surface area contributed by atoms with Gasteiger partial charge in [-0.05, 0) is 30.3 Å². The fourth-order valence-corrected chi connectivity index (χ4v) is 2.92. The smallest absolute Gasteiger partial charge is 0.296 e. The van der Waals surface area contributed by atoms with Crippen molar-refractivity contribution in [2.45, 2.75) is 0 Å². The number of fused-ring (bicyclic) bond motifs is 3. The van der Waals surface area contributed by atoms with Crippen molar-refractivity contribution in [2.75, 3.05) is 19.5 Å². The second-order valence-corrected chi connectivity index (χ2v) is 5.75. The van der Waals surface area contributed by atoms with Crippen molar-refractivity contribution in [3.63, 3.8) is 0 Å². The zero-order chi connectivity index (χ0) is 19.0. The highest BCUT2D eigenvalue weighted by molar-refractivity contribution is 6.09. The zero-order valence-corrected chi connectivity index (χ0v) is 14.5. The van der Waals surface area contributed by atoms with Crippen molar-refractivity contribution in [3.05, 3.63) is 52.8 Å². The van der Waals surface area contributed by atoms with Crippen LogP contribution >= 0.6 is 0 Å². The van der Waals surface area contributed by atoms with Gasteiger partial charge >= 0.3 is 0 Å². The van der Waals surface area contributed by atoms with Gasteiger partial charge in [0, 0.05) is 10.9 Å². The lowest BCUT2D eigenvalue weighted by molar-refractivity contribution is -0.384. The quantitative estimate of drug-likeness (QED) is 0.408. The van der Waals surface area contributed by atoms with Gasteiger partial charge in [-0.25, -0.2) is 9.97 Å². The number of ether oxygens (including phenoxy) is 2. The first-order valence-corrected chi connectivity index (χ1v) is 8.00. The van der Waals surface area contributed by atoms with Gasteiger partial charge in [0.1, 0.15) is 34.5 Å². The molecule has 136 valence electrons. The van der Waals surface area contributed by atoms with E-state index in [0.717, 1.165) is 10.9 Å². The molecule has 0 amide bonds. The molecule has 4 rings (SSSR count). The fourth-order valence-electron chi connectivity index (χ4n) is 2.92. The summed E-state index contributed by atoms with van der Waals surface area (Å²) in [6, 6.07) is 10.2. The van der Waals surface area contributed by atoms with Crippen LogP contribution in [-0.2, 0) is 0 Å². The summed E-state index contributed by atoms with van der Waals surface area (Å²) in [5.41, 5.74) is 2.39. The summed E-state index contributed by atoms with van der Waals surface area (Å²) in [5.74, 6) is 1.54. The molecule has 0 saturated heterocycles. The van der Waals surface area contributed by atoms with Gasteiger partial charge in [0.2, 0.25) is 0 Å². The van der Waals surface area contributed by atoms with Crippen molar-refractivity contribution < 1.29 is 14.4 Å². The maximum atomic E-state index is 11.4. The lowest BCUT2D eigenvalue weighted by Gasteiger charge is -2.08. The van der Waals surface area contributed by atoms with E-state index in [1.807, 2.05) is 18.2 Å². The van der Waals surface area contributed by atoms with Gasteiger partial charge in [0.25, 0.3) is 5.69 Å². The molecule has 9 nitrogen and oxygen atoms in total. The Morgan fingerprint density at radius 2 is 1.81 bits per heavy atom. The summed E-state index contributed by atoms with van der Waals surface area (Å²) < 4.78 is 10.3. The first-order valence-electron chi connectivity index (χ1n) is 8.00. The molecule has 0 aliphatic rings. The molecule has 4 aromatic rings. The molecule has 0 atom stereocenters. The van der Waals surface area contributed by atoms with Crippen LogP contribution in [0.2, 0.25) is 0 Å². The van der Waals surface area contributed by atoms with Gasteiger partial charge < -0.3 is 19.8 Å². The number of benzene rings is 2. The lowest BCUT2D eigenvalue weighted by Crippen LogP contribution is -2.00. The summed E-state index contributed by atoms with van der Waals surface area (Å²) in [6.45, 7) is 0. The van der Waals surface area contributed by atoms with Gasteiger partial charge in [-0.3, -0.25) is 10.1 Å². The summed E-state index contributed by atoms with van der Waals surface area (Å²) in [4.78, 5) is 22.8. The normalized spacial score (nSPS) is 10.9. The Morgan fingerprint density at radius 1 is 1.07 bits per heavy atom. The molecule has 2 N–H and O–H groups in total. The standard InChI is InChI=1S/C18H15N5O4/c1-26-10-3-5-13-12(7-10)16-17(21-13)18(20-9-19-16)22-14-6-4-11(27-2)8-15(14)23(24)25/h3-9,21H,1-2H3,(H,19,20,22). The Morgan fingerprint density at radius 3 is 2.56 bits per heavy atom. The zero-order valence-electron chi connectivity index (χ0n) is 14.5. The molecule has 0 bridgehead atoms. The van der Waals surface area contributed by atoms with E-state index < -0.39 is 4.92 Å². The summed E-state index contributed by atoms with van der Waals surface area (Å²) in [5, 5.41) is 15.3. The molecule has 0 aliphatic heterocycles. The maximum absolute atomic E-state index is 11.4. The number of hydrogen-bond acceptors (Lipinski definition) is 7. The number of aromatic nitrogens is 3. The molecule has 2 aromatic carbocycles. The molecular weight excluding hydrogens is 350 g/mol. The van der Waals surface area contributed by atoms with Crippen molar-refractivity contribution in [1.29, 1.82) is 0 Å². The second kappa shape index (κ2) is 6.45. The molecule has 0 radical (unpaired) electrons. The van der Waals surface area contributed by atoms with Crippen LogP contribution in [0.15, 0.2) is 42.7 Å². The maximum Gasteiger partial charge on any atom is 0.296 e. The molecule has 9 heteroatoms. The molecule has 27 heavy (non-hydrogen) atoms. The van der Waals surface area contributed by atoms with Crippen LogP contribution in [0.4, 0.5) is 17.2 Å². The number of nitrogens with one attached hydrogen (secondary N) is 2. The van der Waals surface area contributed by atoms with Crippen molar-refractivity contribution in [2.24, 2.45) is 0 Å². The number of methoxy groups -OCH3 is 2. The average Bonchev–Trinajstić information content (AvgIpc) is 3.07. The van der Waals surface area contributed by atoms with E-state index in [4.69, 9.17) is 9.47 Å². The van der Waals surface area contributed by atoms with Gasteiger partial charge in [-0.2, -0.15) is 0 Å². The minimum Gasteiger partial charge on any atom is -0.497 e. The van der Waals surface area contributed by atoms with E-state index in [0.29, 0.717) is 34.0 Å². The molecule has 2 heterocycles. The second-order valence-electron chi connectivity index (χ2n) is 5.75. The molecule has 2 aromatic heterocycles. The van der Waals surface area contributed by atoms with E-state index >= 15 is 0 Å². The minimum absolute atomic E-state index is 0.112. The molecule has 0 saturated carbocycles. The number of nitro benzene ring substituents is 1. The van der Waals surface area contributed by atoms with Crippen LogP contribution in [0.3, 0.4) is 0 Å². The van der Waals surface area contributed by atoms with Crippen molar-refractivity contribution in [3.8, 4) is 11.5 Å². The van der Waals surface area contributed by atoms with E-state index in [9.17, 15) is 10.1 Å². The number of aromatic amines is 1. The van der Waals surface area contributed by atoms with Gasteiger partial charge in [0.15, 0.2) is 5.82 Å². The highest BCUT2D eigenvalue weighted by Gasteiger charge is 2.18. The van der Waals surface area contributed by atoms with E-state index in [-0.39, 0.29) is 5.69 Å².